The lowest BCUT2D eigenvalue weighted by Crippen LogP contribution is -2.37. The van der Waals surface area contributed by atoms with Crippen LogP contribution in [0.1, 0.15) is 38.2 Å². The van der Waals surface area contributed by atoms with Crippen LogP contribution in [0.15, 0.2) is 30.3 Å². The van der Waals surface area contributed by atoms with Gasteiger partial charge in [-0.1, -0.05) is 44.2 Å². The highest BCUT2D eigenvalue weighted by atomic mass is 32.2. The van der Waals surface area contributed by atoms with Gasteiger partial charge in [0.05, 0.1) is 0 Å². The molecule has 1 N–H and O–H groups in total. The fraction of sp³-hybridized carbons (Fsp3) is 0.625. The van der Waals surface area contributed by atoms with Crippen molar-refractivity contribution < 1.29 is 0 Å². The number of hydrogen-bond donors (Lipinski definition) is 1. The Kier molecular flexibility index (Phi) is 5.58. The van der Waals surface area contributed by atoms with Gasteiger partial charge in [-0.25, -0.2) is 0 Å². The molecule has 1 aliphatic heterocycles. The molecule has 0 amide bonds. The first-order chi connectivity index (χ1) is 8.77. The summed E-state index contributed by atoms with van der Waals surface area (Å²) >= 11 is 2.10. The molecule has 1 aromatic rings. The van der Waals surface area contributed by atoms with Gasteiger partial charge in [0, 0.05) is 18.3 Å². The predicted molar refractivity (Wildman–Crippen MR) is 82.4 cm³/mol. The van der Waals surface area contributed by atoms with E-state index in [9.17, 15) is 0 Å². The normalized spacial score (nSPS) is 22.1. The van der Waals surface area contributed by atoms with Gasteiger partial charge in [0.15, 0.2) is 0 Å². The lowest BCUT2D eigenvalue weighted by molar-refractivity contribution is 0.420. The van der Waals surface area contributed by atoms with Crippen LogP contribution in [0.2, 0.25) is 0 Å². The Morgan fingerprint density at radius 3 is 2.67 bits per heavy atom. The molecular formula is C16H25NS. The summed E-state index contributed by atoms with van der Waals surface area (Å²) in [6.45, 7) is 5.77. The largest absolute Gasteiger partial charge is 0.313 e. The highest BCUT2D eigenvalue weighted by Crippen LogP contribution is 2.24. The first-order valence-electron chi connectivity index (χ1n) is 7.13. The number of thioether (sulfide) groups is 1. The molecule has 2 unspecified atom stereocenters. The summed E-state index contributed by atoms with van der Waals surface area (Å²) in [4.78, 5) is 0. The average Bonchev–Trinajstić information content (AvgIpc) is 2.41. The van der Waals surface area contributed by atoms with Crippen molar-refractivity contribution in [2.45, 2.75) is 38.6 Å². The van der Waals surface area contributed by atoms with E-state index in [-0.39, 0.29) is 0 Å². The Balaban J connectivity index is 1.90. The van der Waals surface area contributed by atoms with Gasteiger partial charge >= 0.3 is 0 Å². The molecule has 0 radical (unpaired) electrons. The molecule has 1 nitrogen and oxygen atoms in total. The zero-order chi connectivity index (χ0) is 12.8. The molecule has 2 heteroatoms. The van der Waals surface area contributed by atoms with E-state index in [4.69, 9.17) is 0 Å². The standard InChI is InChI=1S/C16H25NS/c1-13(2)16(14-7-4-3-5-8-14)11-17-15-9-6-10-18-12-15/h3-5,7-8,13,15-17H,6,9-12H2,1-2H3. The molecule has 2 rings (SSSR count). The van der Waals surface area contributed by atoms with Gasteiger partial charge in [-0.05, 0) is 36.0 Å². The van der Waals surface area contributed by atoms with E-state index < -0.39 is 0 Å². The van der Waals surface area contributed by atoms with E-state index in [1.807, 2.05) is 0 Å². The van der Waals surface area contributed by atoms with Crippen molar-refractivity contribution >= 4 is 11.8 Å². The zero-order valence-corrected chi connectivity index (χ0v) is 12.4. The summed E-state index contributed by atoms with van der Waals surface area (Å²) in [6.07, 6.45) is 2.73. The molecule has 0 aromatic heterocycles. The molecule has 1 aromatic carbocycles. The maximum atomic E-state index is 3.78. The summed E-state index contributed by atoms with van der Waals surface area (Å²) in [7, 11) is 0. The summed E-state index contributed by atoms with van der Waals surface area (Å²) < 4.78 is 0. The summed E-state index contributed by atoms with van der Waals surface area (Å²) in [5.74, 6) is 3.97. The topological polar surface area (TPSA) is 12.0 Å². The molecule has 0 aliphatic carbocycles. The molecule has 1 heterocycles. The maximum Gasteiger partial charge on any atom is 0.0158 e. The van der Waals surface area contributed by atoms with Crippen LogP contribution in [0.25, 0.3) is 0 Å². The first kappa shape index (κ1) is 14.0. The van der Waals surface area contributed by atoms with Gasteiger partial charge in [-0.15, -0.1) is 0 Å². The van der Waals surface area contributed by atoms with Crippen molar-refractivity contribution in [3.63, 3.8) is 0 Å². The lowest BCUT2D eigenvalue weighted by Gasteiger charge is -2.27. The molecular weight excluding hydrogens is 238 g/mol. The van der Waals surface area contributed by atoms with Gasteiger partial charge in [-0.3, -0.25) is 0 Å². The Labute approximate surface area is 116 Å². The van der Waals surface area contributed by atoms with Gasteiger partial charge in [0.2, 0.25) is 0 Å². The van der Waals surface area contributed by atoms with Crippen molar-refractivity contribution in [1.29, 1.82) is 0 Å². The monoisotopic (exact) mass is 263 g/mol. The smallest absolute Gasteiger partial charge is 0.0158 e. The fourth-order valence-corrected chi connectivity index (χ4v) is 3.74. The van der Waals surface area contributed by atoms with Gasteiger partial charge in [0.25, 0.3) is 0 Å². The Morgan fingerprint density at radius 1 is 1.28 bits per heavy atom. The number of rotatable bonds is 5. The van der Waals surface area contributed by atoms with Crippen molar-refractivity contribution in [3.8, 4) is 0 Å². The molecule has 100 valence electrons. The Bertz CT molecular complexity index is 330. The van der Waals surface area contributed by atoms with Crippen LogP contribution >= 0.6 is 11.8 Å². The van der Waals surface area contributed by atoms with Crippen LogP contribution in [0.5, 0.6) is 0 Å². The lowest BCUT2D eigenvalue weighted by atomic mass is 9.88. The van der Waals surface area contributed by atoms with E-state index in [1.54, 1.807) is 0 Å². The minimum atomic E-state index is 0.637. The third kappa shape index (κ3) is 4.03. The minimum Gasteiger partial charge on any atom is -0.313 e. The van der Waals surface area contributed by atoms with Crippen LogP contribution in [0.3, 0.4) is 0 Å². The SMILES string of the molecule is CC(C)C(CNC1CCCSC1)c1ccccc1. The minimum absolute atomic E-state index is 0.637. The number of hydrogen-bond acceptors (Lipinski definition) is 2. The molecule has 18 heavy (non-hydrogen) atoms. The van der Waals surface area contributed by atoms with E-state index in [0.29, 0.717) is 11.8 Å². The van der Waals surface area contributed by atoms with Gasteiger partial charge in [0.1, 0.15) is 0 Å². The molecule has 1 saturated heterocycles. The molecule has 0 bridgehead atoms. The first-order valence-corrected chi connectivity index (χ1v) is 8.29. The molecule has 0 spiro atoms. The predicted octanol–water partition coefficient (Wildman–Crippen LogP) is 3.91. The fourth-order valence-electron chi connectivity index (χ4n) is 2.63. The van der Waals surface area contributed by atoms with Crippen LogP contribution in [0, 0.1) is 5.92 Å². The van der Waals surface area contributed by atoms with E-state index in [0.717, 1.165) is 12.6 Å². The number of benzene rings is 1. The number of nitrogens with one attached hydrogen (secondary N) is 1. The Hall–Kier alpha value is -0.470. The van der Waals surface area contributed by atoms with E-state index in [1.165, 1.54) is 29.9 Å². The van der Waals surface area contributed by atoms with Gasteiger partial charge < -0.3 is 5.32 Å². The van der Waals surface area contributed by atoms with Crippen LogP contribution in [0.4, 0.5) is 0 Å². The zero-order valence-electron chi connectivity index (χ0n) is 11.6. The van der Waals surface area contributed by atoms with Crippen LogP contribution < -0.4 is 5.32 Å². The maximum absolute atomic E-state index is 3.78. The highest BCUT2D eigenvalue weighted by Gasteiger charge is 2.19. The van der Waals surface area contributed by atoms with E-state index in [2.05, 4.69) is 61.3 Å². The third-order valence-corrected chi connectivity index (χ3v) is 5.03. The summed E-state index contributed by atoms with van der Waals surface area (Å²) in [6, 6.07) is 11.7. The highest BCUT2D eigenvalue weighted by molar-refractivity contribution is 7.99. The van der Waals surface area contributed by atoms with Crippen molar-refractivity contribution in [2.75, 3.05) is 18.1 Å². The van der Waals surface area contributed by atoms with Crippen molar-refractivity contribution in [3.05, 3.63) is 35.9 Å². The summed E-state index contributed by atoms with van der Waals surface area (Å²) in [5.41, 5.74) is 1.48. The van der Waals surface area contributed by atoms with Gasteiger partial charge in [-0.2, -0.15) is 11.8 Å². The summed E-state index contributed by atoms with van der Waals surface area (Å²) in [5, 5.41) is 3.78. The molecule has 1 aliphatic rings. The average molecular weight is 263 g/mol. The second kappa shape index (κ2) is 7.20. The van der Waals surface area contributed by atoms with Crippen molar-refractivity contribution in [2.24, 2.45) is 5.92 Å². The quantitative estimate of drug-likeness (QED) is 0.864. The van der Waals surface area contributed by atoms with Crippen LogP contribution in [-0.4, -0.2) is 24.1 Å². The third-order valence-electron chi connectivity index (χ3n) is 3.82. The second-order valence-corrected chi connectivity index (χ2v) is 6.73. The Morgan fingerprint density at radius 2 is 2.06 bits per heavy atom. The molecule has 0 saturated carbocycles. The van der Waals surface area contributed by atoms with Crippen molar-refractivity contribution in [1.82, 2.24) is 5.32 Å². The van der Waals surface area contributed by atoms with E-state index >= 15 is 0 Å². The molecule has 1 fully saturated rings. The second-order valence-electron chi connectivity index (χ2n) is 5.58. The molecule has 2 atom stereocenters. The van der Waals surface area contributed by atoms with Crippen LogP contribution in [-0.2, 0) is 0 Å².